The third-order valence-electron chi connectivity index (χ3n) is 3.97. The number of aromatic amines is 1. The predicted octanol–water partition coefficient (Wildman–Crippen LogP) is 2.46. The van der Waals surface area contributed by atoms with Crippen LogP contribution in [0.15, 0.2) is 35.3 Å². The van der Waals surface area contributed by atoms with Crippen LogP contribution in [0.2, 0.25) is 0 Å². The molecule has 0 saturated carbocycles. The minimum absolute atomic E-state index is 0.202. The number of carbonyl (C=O) groups excluding carboxylic acids is 2. The number of nitrogens with one attached hydrogen (secondary N) is 1. The van der Waals surface area contributed by atoms with E-state index in [-0.39, 0.29) is 16.7 Å². The molecular formula is C18H16F3NO7. The quantitative estimate of drug-likeness (QED) is 0.697. The minimum Gasteiger partial charge on any atom is -0.506 e. The highest BCUT2D eigenvalue weighted by atomic mass is 19.4. The summed E-state index contributed by atoms with van der Waals surface area (Å²) in [5, 5.41) is 10.4. The maximum atomic E-state index is 12.3. The second-order valence-corrected chi connectivity index (χ2v) is 5.74. The summed E-state index contributed by atoms with van der Waals surface area (Å²) in [5.74, 6) is -4.06. The number of alkyl halides is 3. The van der Waals surface area contributed by atoms with Gasteiger partial charge in [0.05, 0.1) is 26.2 Å². The molecule has 1 aromatic carbocycles. The van der Waals surface area contributed by atoms with Crippen molar-refractivity contribution in [2.75, 3.05) is 14.2 Å². The van der Waals surface area contributed by atoms with E-state index in [9.17, 15) is 32.7 Å². The molecular weight excluding hydrogens is 399 g/mol. The maximum absolute atomic E-state index is 12.3. The van der Waals surface area contributed by atoms with E-state index in [1.165, 1.54) is 12.1 Å². The van der Waals surface area contributed by atoms with Gasteiger partial charge in [-0.3, -0.25) is 9.59 Å². The second-order valence-electron chi connectivity index (χ2n) is 5.74. The molecule has 29 heavy (non-hydrogen) atoms. The van der Waals surface area contributed by atoms with Crippen LogP contribution in [0.1, 0.15) is 33.8 Å². The van der Waals surface area contributed by atoms with Crippen molar-refractivity contribution < 1.29 is 42.1 Å². The standard InChI is InChI=1S/C18H16F3NO7/c1-27-13(23)7-11(9-3-5-10(6-4-9)29-18(19,20)21)14-15(24)12(17(26)28-2)8-22-16(14)25/h3-6,8,11H,7H2,1-2H3,(H2,22,24,25). The zero-order chi connectivity index (χ0) is 21.8. The van der Waals surface area contributed by atoms with Gasteiger partial charge < -0.3 is 24.3 Å². The van der Waals surface area contributed by atoms with Crippen molar-refractivity contribution in [3.63, 3.8) is 0 Å². The predicted molar refractivity (Wildman–Crippen MR) is 91.7 cm³/mol. The summed E-state index contributed by atoms with van der Waals surface area (Å²) in [6, 6.07) is 4.36. The summed E-state index contributed by atoms with van der Waals surface area (Å²) < 4.78 is 49.9. The molecule has 11 heteroatoms. The number of aromatic nitrogens is 1. The molecule has 0 aliphatic rings. The van der Waals surface area contributed by atoms with E-state index in [2.05, 4.69) is 19.2 Å². The van der Waals surface area contributed by atoms with Crippen LogP contribution in [0, 0.1) is 0 Å². The van der Waals surface area contributed by atoms with Crippen LogP contribution in [0.25, 0.3) is 0 Å². The van der Waals surface area contributed by atoms with Crippen molar-refractivity contribution in [3.8, 4) is 11.5 Å². The molecule has 0 radical (unpaired) electrons. The summed E-state index contributed by atoms with van der Waals surface area (Å²) >= 11 is 0. The van der Waals surface area contributed by atoms with Crippen LogP contribution in [0.3, 0.4) is 0 Å². The van der Waals surface area contributed by atoms with Crippen molar-refractivity contribution in [2.45, 2.75) is 18.7 Å². The zero-order valence-electron chi connectivity index (χ0n) is 15.2. The number of methoxy groups -OCH3 is 2. The number of benzene rings is 1. The molecule has 8 nitrogen and oxygen atoms in total. The van der Waals surface area contributed by atoms with Crippen LogP contribution in [-0.2, 0) is 14.3 Å². The van der Waals surface area contributed by atoms with E-state index in [1.54, 1.807) is 0 Å². The zero-order valence-corrected chi connectivity index (χ0v) is 15.2. The Morgan fingerprint density at radius 3 is 2.28 bits per heavy atom. The van der Waals surface area contributed by atoms with Crippen molar-refractivity contribution >= 4 is 11.9 Å². The van der Waals surface area contributed by atoms with Gasteiger partial charge >= 0.3 is 18.3 Å². The average Bonchev–Trinajstić information content (AvgIpc) is 2.66. The molecule has 0 fully saturated rings. The number of H-pyrrole nitrogens is 1. The minimum atomic E-state index is -4.89. The molecule has 0 amide bonds. The Bertz CT molecular complexity index is 951. The first-order valence-electron chi connectivity index (χ1n) is 8.02. The van der Waals surface area contributed by atoms with Crippen molar-refractivity contribution in [1.29, 1.82) is 0 Å². The summed E-state index contributed by atoms with van der Waals surface area (Å²) in [4.78, 5) is 38.2. The van der Waals surface area contributed by atoms with Gasteiger partial charge in [-0.1, -0.05) is 12.1 Å². The SMILES string of the molecule is COC(=O)CC(c1ccc(OC(F)(F)F)cc1)c1c(O)c(C(=O)OC)c[nH]c1=O. The van der Waals surface area contributed by atoms with E-state index >= 15 is 0 Å². The largest absolute Gasteiger partial charge is 0.573 e. The molecule has 1 unspecified atom stereocenters. The molecule has 1 atom stereocenters. The summed E-state index contributed by atoms with van der Waals surface area (Å²) in [5.41, 5.74) is -1.30. The van der Waals surface area contributed by atoms with Gasteiger partial charge in [0, 0.05) is 12.1 Å². The van der Waals surface area contributed by atoms with Crippen molar-refractivity contribution in [1.82, 2.24) is 4.98 Å². The van der Waals surface area contributed by atoms with Crippen LogP contribution < -0.4 is 10.3 Å². The molecule has 1 aromatic heterocycles. The molecule has 0 bridgehead atoms. The topological polar surface area (TPSA) is 115 Å². The molecule has 2 rings (SSSR count). The monoisotopic (exact) mass is 415 g/mol. The second kappa shape index (κ2) is 8.67. The van der Waals surface area contributed by atoms with E-state index in [4.69, 9.17) is 0 Å². The van der Waals surface area contributed by atoms with E-state index in [0.717, 1.165) is 32.5 Å². The number of carbonyl (C=O) groups is 2. The molecule has 0 saturated heterocycles. The fourth-order valence-corrected chi connectivity index (χ4v) is 2.66. The van der Waals surface area contributed by atoms with Gasteiger partial charge in [0.1, 0.15) is 17.1 Å². The Hall–Kier alpha value is -3.50. The first kappa shape index (κ1) is 21.8. The number of pyridine rings is 1. The lowest BCUT2D eigenvalue weighted by Gasteiger charge is -2.19. The van der Waals surface area contributed by atoms with Gasteiger partial charge in [-0.05, 0) is 17.7 Å². The first-order valence-corrected chi connectivity index (χ1v) is 8.02. The molecule has 156 valence electrons. The fourth-order valence-electron chi connectivity index (χ4n) is 2.66. The Kier molecular flexibility index (Phi) is 6.52. The van der Waals surface area contributed by atoms with Gasteiger partial charge in [0.25, 0.3) is 5.56 Å². The summed E-state index contributed by atoms with van der Waals surface area (Å²) in [6.45, 7) is 0. The number of halogens is 3. The van der Waals surface area contributed by atoms with Gasteiger partial charge in [-0.25, -0.2) is 4.79 Å². The van der Waals surface area contributed by atoms with Crippen molar-refractivity contribution in [2.24, 2.45) is 0 Å². The van der Waals surface area contributed by atoms with Crippen LogP contribution >= 0.6 is 0 Å². The van der Waals surface area contributed by atoms with Crippen molar-refractivity contribution in [3.05, 3.63) is 57.5 Å². The average molecular weight is 415 g/mol. The highest BCUT2D eigenvalue weighted by molar-refractivity contribution is 5.92. The maximum Gasteiger partial charge on any atom is 0.573 e. The lowest BCUT2D eigenvalue weighted by atomic mass is 9.88. The Labute approximate surface area is 161 Å². The number of hydrogen-bond acceptors (Lipinski definition) is 7. The lowest BCUT2D eigenvalue weighted by molar-refractivity contribution is -0.274. The molecule has 0 spiro atoms. The first-order chi connectivity index (χ1) is 13.6. The van der Waals surface area contributed by atoms with Gasteiger partial charge in [0.15, 0.2) is 0 Å². The van der Waals surface area contributed by atoms with Crippen LogP contribution in [0.4, 0.5) is 13.2 Å². The normalized spacial score (nSPS) is 12.2. The number of aromatic hydroxyl groups is 1. The highest BCUT2D eigenvalue weighted by Gasteiger charge is 2.32. The Balaban J connectivity index is 2.56. The Morgan fingerprint density at radius 2 is 1.76 bits per heavy atom. The molecule has 0 aliphatic carbocycles. The van der Waals surface area contributed by atoms with Crippen LogP contribution in [0.5, 0.6) is 11.5 Å². The van der Waals surface area contributed by atoms with E-state index < -0.39 is 47.7 Å². The van der Waals surface area contributed by atoms with Gasteiger partial charge in [-0.15, -0.1) is 13.2 Å². The molecule has 0 aliphatic heterocycles. The van der Waals surface area contributed by atoms with E-state index in [1.807, 2.05) is 0 Å². The number of esters is 2. The summed E-state index contributed by atoms with van der Waals surface area (Å²) in [6.07, 6.45) is -4.38. The smallest absolute Gasteiger partial charge is 0.506 e. The van der Waals surface area contributed by atoms with Gasteiger partial charge in [-0.2, -0.15) is 0 Å². The number of rotatable bonds is 6. The Morgan fingerprint density at radius 1 is 1.14 bits per heavy atom. The number of ether oxygens (including phenoxy) is 3. The number of hydrogen-bond donors (Lipinski definition) is 2. The highest BCUT2D eigenvalue weighted by Crippen LogP contribution is 2.35. The molecule has 2 N–H and O–H groups in total. The third kappa shape index (κ3) is 5.27. The van der Waals surface area contributed by atoms with Crippen LogP contribution in [-0.4, -0.2) is 42.6 Å². The van der Waals surface area contributed by atoms with E-state index in [0.29, 0.717) is 0 Å². The van der Waals surface area contributed by atoms with Gasteiger partial charge in [0.2, 0.25) is 0 Å². The molecule has 2 aromatic rings. The third-order valence-corrected chi connectivity index (χ3v) is 3.97. The fraction of sp³-hybridized carbons (Fsp3) is 0.278. The molecule has 1 heterocycles. The summed E-state index contributed by atoms with van der Waals surface area (Å²) in [7, 11) is 2.17. The lowest BCUT2D eigenvalue weighted by Crippen LogP contribution is -2.22.